The molecule has 0 aromatic heterocycles. The molecule has 0 aromatic rings. The van der Waals surface area contributed by atoms with Crippen LogP contribution in [0, 0.1) is 0 Å². The first kappa shape index (κ1) is 13.9. The van der Waals surface area contributed by atoms with Crippen LogP contribution in [0.4, 0.5) is 0 Å². The molecule has 0 radical (unpaired) electrons. The molecular weight excluding hydrogens is 294 g/mol. The molecule has 1 unspecified atom stereocenters. The van der Waals surface area contributed by atoms with Crippen LogP contribution in [0.25, 0.3) is 0 Å². The maximum absolute atomic E-state index is 9.00. The SMILES string of the molecule is OCCCC1N=CC2=CC=CC3=C4SC=CC=C4CC3=C2O1. The van der Waals surface area contributed by atoms with Gasteiger partial charge in [0, 0.05) is 41.7 Å². The predicted octanol–water partition coefficient (Wildman–Crippen LogP) is 3.78. The number of hydrogen-bond acceptors (Lipinski definition) is 4. The second-order valence-corrected chi connectivity index (χ2v) is 6.48. The first-order valence-electron chi connectivity index (χ1n) is 7.57. The zero-order valence-corrected chi connectivity index (χ0v) is 13.0. The number of hydrogen-bond donors (Lipinski definition) is 1. The average molecular weight is 311 g/mol. The number of aliphatic hydroxyl groups excluding tert-OH is 1. The van der Waals surface area contributed by atoms with Gasteiger partial charge in [-0.3, -0.25) is 0 Å². The van der Waals surface area contributed by atoms with Crippen molar-refractivity contribution in [1.82, 2.24) is 0 Å². The summed E-state index contributed by atoms with van der Waals surface area (Å²) in [5, 5.41) is 11.1. The van der Waals surface area contributed by atoms with Gasteiger partial charge in [-0.1, -0.05) is 36.1 Å². The van der Waals surface area contributed by atoms with Gasteiger partial charge >= 0.3 is 0 Å². The second-order valence-electron chi connectivity index (χ2n) is 5.56. The zero-order chi connectivity index (χ0) is 14.9. The highest BCUT2D eigenvalue weighted by molar-refractivity contribution is 8.06. The molecule has 1 atom stereocenters. The molecule has 0 spiro atoms. The molecule has 1 N–H and O–H groups in total. The summed E-state index contributed by atoms with van der Waals surface area (Å²) in [6.07, 6.45) is 14.7. The van der Waals surface area contributed by atoms with Crippen LogP contribution in [-0.4, -0.2) is 24.2 Å². The van der Waals surface area contributed by atoms with Crippen molar-refractivity contribution in [3.63, 3.8) is 0 Å². The molecule has 0 amide bonds. The Morgan fingerprint density at radius 2 is 2.27 bits per heavy atom. The Hall–Kier alpha value is -1.78. The van der Waals surface area contributed by atoms with Crippen molar-refractivity contribution in [3.8, 4) is 0 Å². The molecule has 4 rings (SSSR count). The lowest BCUT2D eigenvalue weighted by Crippen LogP contribution is -2.18. The summed E-state index contributed by atoms with van der Waals surface area (Å²) in [5.41, 5.74) is 4.95. The van der Waals surface area contributed by atoms with E-state index in [1.807, 2.05) is 6.21 Å². The first-order chi connectivity index (χ1) is 10.9. The fraction of sp³-hybridized carbons (Fsp3) is 0.278. The lowest BCUT2D eigenvalue weighted by molar-refractivity contribution is 0.108. The highest BCUT2D eigenvalue weighted by Crippen LogP contribution is 2.48. The minimum absolute atomic E-state index is 0.177. The highest BCUT2D eigenvalue weighted by atomic mass is 32.2. The summed E-state index contributed by atoms with van der Waals surface area (Å²) in [5.74, 6) is 0.960. The van der Waals surface area contributed by atoms with Gasteiger partial charge in [0.05, 0.1) is 0 Å². The average Bonchev–Trinajstić information content (AvgIpc) is 2.83. The fourth-order valence-electron chi connectivity index (χ4n) is 3.06. The van der Waals surface area contributed by atoms with Crippen LogP contribution < -0.4 is 0 Å². The number of aliphatic hydroxyl groups is 1. The van der Waals surface area contributed by atoms with Crippen molar-refractivity contribution in [2.75, 3.05) is 6.61 Å². The van der Waals surface area contributed by atoms with E-state index in [-0.39, 0.29) is 12.8 Å². The smallest absolute Gasteiger partial charge is 0.189 e. The molecule has 112 valence electrons. The second kappa shape index (κ2) is 5.78. The van der Waals surface area contributed by atoms with Gasteiger partial charge in [-0.2, -0.15) is 0 Å². The Labute approximate surface area is 134 Å². The maximum atomic E-state index is 9.00. The van der Waals surface area contributed by atoms with E-state index < -0.39 is 0 Å². The largest absolute Gasteiger partial charge is 0.468 e. The van der Waals surface area contributed by atoms with Gasteiger partial charge in [0.2, 0.25) is 0 Å². The Kier molecular flexibility index (Phi) is 3.64. The van der Waals surface area contributed by atoms with E-state index >= 15 is 0 Å². The quantitative estimate of drug-likeness (QED) is 0.862. The van der Waals surface area contributed by atoms with Crippen LogP contribution in [0.2, 0.25) is 0 Å². The molecule has 2 aliphatic heterocycles. The molecule has 4 heteroatoms. The van der Waals surface area contributed by atoms with E-state index in [0.717, 1.165) is 24.2 Å². The van der Waals surface area contributed by atoms with Gasteiger partial charge in [-0.25, -0.2) is 4.99 Å². The molecule has 0 bridgehead atoms. The molecule has 0 saturated carbocycles. The van der Waals surface area contributed by atoms with E-state index in [1.54, 1.807) is 11.8 Å². The maximum Gasteiger partial charge on any atom is 0.189 e. The zero-order valence-electron chi connectivity index (χ0n) is 12.2. The van der Waals surface area contributed by atoms with E-state index in [0.29, 0.717) is 6.42 Å². The van der Waals surface area contributed by atoms with Crippen molar-refractivity contribution in [2.24, 2.45) is 4.99 Å². The summed E-state index contributed by atoms with van der Waals surface area (Å²) in [7, 11) is 0. The number of aliphatic imine (C=N–C) groups is 1. The molecular formula is C18H17NO2S. The van der Waals surface area contributed by atoms with Crippen LogP contribution >= 0.6 is 11.8 Å². The van der Waals surface area contributed by atoms with Gasteiger partial charge in [0.15, 0.2) is 6.23 Å². The third kappa shape index (κ3) is 2.32. The first-order valence-corrected chi connectivity index (χ1v) is 8.45. The lowest BCUT2D eigenvalue weighted by Gasteiger charge is -2.24. The standard InChI is InChI=1S/C18H17NO2S/c20-8-2-7-16-19-11-13-4-1-6-14-15(17(13)21-16)10-12-5-3-9-22-18(12)14/h1,3-6,9,11,16,20H,2,7-8,10H2. The van der Waals surface area contributed by atoms with Crippen LogP contribution in [0.3, 0.4) is 0 Å². The summed E-state index contributed by atoms with van der Waals surface area (Å²) >= 11 is 1.78. The van der Waals surface area contributed by atoms with Crippen LogP contribution in [-0.2, 0) is 4.74 Å². The molecule has 0 aromatic carbocycles. The molecule has 4 aliphatic rings. The number of thioether (sulfide) groups is 1. The van der Waals surface area contributed by atoms with Crippen molar-refractivity contribution in [1.29, 1.82) is 0 Å². The Balaban J connectivity index is 1.74. The third-order valence-electron chi connectivity index (χ3n) is 4.11. The monoisotopic (exact) mass is 311 g/mol. The third-order valence-corrected chi connectivity index (χ3v) is 5.12. The van der Waals surface area contributed by atoms with Crippen molar-refractivity contribution < 1.29 is 9.84 Å². The van der Waals surface area contributed by atoms with E-state index in [2.05, 4.69) is 40.8 Å². The van der Waals surface area contributed by atoms with Crippen LogP contribution in [0.5, 0.6) is 0 Å². The number of rotatable bonds is 3. The summed E-state index contributed by atoms with van der Waals surface area (Å²) in [6.45, 7) is 0.177. The Morgan fingerprint density at radius 3 is 3.18 bits per heavy atom. The molecule has 22 heavy (non-hydrogen) atoms. The van der Waals surface area contributed by atoms with Gasteiger partial charge < -0.3 is 9.84 Å². The van der Waals surface area contributed by atoms with Crippen LogP contribution in [0.1, 0.15) is 19.3 Å². The number of fused-ring (bicyclic) bond motifs is 3. The number of ether oxygens (including phenoxy) is 1. The van der Waals surface area contributed by atoms with Gasteiger partial charge in [-0.05, 0) is 29.1 Å². The van der Waals surface area contributed by atoms with Crippen molar-refractivity contribution >= 4 is 18.0 Å². The lowest BCUT2D eigenvalue weighted by atomic mass is 10.0. The topological polar surface area (TPSA) is 41.8 Å². The summed E-state index contributed by atoms with van der Waals surface area (Å²) in [4.78, 5) is 5.80. The van der Waals surface area contributed by atoms with Crippen LogP contribution in [0.15, 0.2) is 73.7 Å². The number of allylic oxidation sites excluding steroid dienone is 9. The predicted molar refractivity (Wildman–Crippen MR) is 90.4 cm³/mol. The Morgan fingerprint density at radius 1 is 1.32 bits per heavy atom. The van der Waals surface area contributed by atoms with Gasteiger partial charge in [0.1, 0.15) is 5.76 Å². The highest BCUT2D eigenvalue weighted by Gasteiger charge is 2.31. The minimum Gasteiger partial charge on any atom is -0.468 e. The Bertz CT molecular complexity index is 719. The minimum atomic E-state index is -0.182. The molecule has 2 heterocycles. The fourth-order valence-corrected chi connectivity index (χ4v) is 3.96. The summed E-state index contributed by atoms with van der Waals surface area (Å²) in [6, 6.07) is 0. The molecule has 0 fully saturated rings. The molecule has 0 saturated heterocycles. The van der Waals surface area contributed by atoms with Gasteiger partial charge in [0.25, 0.3) is 0 Å². The molecule has 3 nitrogen and oxygen atoms in total. The number of nitrogens with zero attached hydrogens (tertiary/aromatic N) is 1. The normalized spacial score (nSPS) is 25.2. The van der Waals surface area contributed by atoms with Gasteiger partial charge in [-0.15, -0.1) is 0 Å². The van der Waals surface area contributed by atoms with E-state index in [4.69, 9.17) is 9.84 Å². The molecule has 2 aliphatic carbocycles. The summed E-state index contributed by atoms with van der Waals surface area (Å²) < 4.78 is 6.16. The van der Waals surface area contributed by atoms with Crippen molar-refractivity contribution in [3.05, 3.63) is 68.7 Å². The van der Waals surface area contributed by atoms with E-state index in [1.165, 1.54) is 21.6 Å². The van der Waals surface area contributed by atoms with Crippen molar-refractivity contribution in [2.45, 2.75) is 25.5 Å². The van der Waals surface area contributed by atoms with E-state index in [9.17, 15) is 0 Å².